The van der Waals surface area contributed by atoms with Crippen LogP contribution in [0.25, 0.3) is 0 Å². The molecule has 1 aromatic carbocycles. The Hall–Kier alpha value is -1.68. The topological polar surface area (TPSA) is 35.0 Å². The number of rotatable bonds is 4. The molecule has 100 valence electrons. The van der Waals surface area contributed by atoms with Crippen LogP contribution in [-0.4, -0.2) is 9.97 Å². The first-order chi connectivity index (χ1) is 9.10. The molecule has 3 nitrogen and oxygen atoms in total. The molecule has 1 heterocycles. The van der Waals surface area contributed by atoms with Gasteiger partial charge in [-0.2, -0.15) is 0 Å². The number of benzene rings is 1. The van der Waals surface area contributed by atoms with Crippen LogP contribution in [0.4, 0.5) is 4.39 Å². The highest BCUT2D eigenvalue weighted by atomic mass is 35.5. The molecule has 0 radical (unpaired) electrons. The molecule has 0 N–H and O–H groups in total. The molecule has 0 aliphatic carbocycles. The maximum absolute atomic E-state index is 13.1. The first kappa shape index (κ1) is 13.7. The molecule has 2 rings (SSSR count). The molecule has 0 bridgehead atoms. The molecule has 0 aliphatic rings. The molecule has 0 aliphatic heterocycles. The smallest absolute Gasteiger partial charge is 0.168 e. The average Bonchev–Trinajstić information content (AvgIpc) is 2.39. The zero-order valence-electron chi connectivity index (χ0n) is 10.7. The predicted octanol–water partition coefficient (Wildman–Crippen LogP) is 4.27. The number of ether oxygens (including phenoxy) is 1. The van der Waals surface area contributed by atoms with Crippen molar-refractivity contribution in [3.8, 4) is 11.5 Å². The molecular formula is C14H14ClFN2O. The molecule has 0 unspecified atom stereocenters. The molecule has 0 saturated heterocycles. The van der Waals surface area contributed by atoms with Crippen LogP contribution >= 0.6 is 11.6 Å². The van der Waals surface area contributed by atoms with E-state index in [9.17, 15) is 4.39 Å². The second-order valence-electron chi connectivity index (χ2n) is 4.39. The quantitative estimate of drug-likeness (QED) is 0.785. The maximum Gasteiger partial charge on any atom is 0.168 e. The minimum Gasteiger partial charge on any atom is -0.454 e. The summed E-state index contributed by atoms with van der Waals surface area (Å²) in [7, 11) is 0. The van der Waals surface area contributed by atoms with Crippen LogP contribution < -0.4 is 4.74 Å². The van der Waals surface area contributed by atoms with Gasteiger partial charge in [0.25, 0.3) is 0 Å². The zero-order valence-corrected chi connectivity index (χ0v) is 11.5. The Bertz CT molecular complexity index is 575. The lowest BCUT2D eigenvalue weighted by molar-refractivity contribution is 0.465. The van der Waals surface area contributed by atoms with Gasteiger partial charge in [0.1, 0.15) is 23.1 Å². The zero-order chi connectivity index (χ0) is 13.8. The number of halogens is 2. The molecule has 0 amide bonds. The Labute approximate surface area is 116 Å². The number of hydrogen-bond acceptors (Lipinski definition) is 3. The van der Waals surface area contributed by atoms with Gasteiger partial charge < -0.3 is 4.74 Å². The summed E-state index contributed by atoms with van der Waals surface area (Å²) in [4.78, 5) is 8.56. The van der Waals surface area contributed by atoms with Gasteiger partial charge >= 0.3 is 0 Å². The van der Waals surface area contributed by atoms with E-state index in [0.29, 0.717) is 23.0 Å². The Kier molecular flexibility index (Phi) is 4.32. The molecule has 2 aromatic rings. The van der Waals surface area contributed by atoms with E-state index in [1.54, 1.807) is 18.3 Å². The Morgan fingerprint density at radius 2 is 2.16 bits per heavy atom. The van der Waals surface area contributed by atoms with Crippen molar-refractivity contribution in [3.63, 3.8) is 0 Å². The molecule has 0 atom stereocenters. The van der Waals surface area contributed by atoms with E-state index in [2.05, 4.69) is 9.97 Å². The van der Waals surface area contributed by atoms with Gasteiger partial charge in [-0.3, -0.25) is 0 Å². The first-order valence-electron chi connectivity index (χ1n) is 5.95. The van der Waals surface area contributed by atoms with Crippen LogP contribution in [-0.2, 0) is 5.88 Å². The first-order valence-corrected chi connectivity index (χ1v) is 6.49. The van der Waals surface area contributed by atoms with Crippen LogP contribution in [0.15, 0.2) is 30.5 Å². The molecule has 19 heavy (non-hydrogen) atoms. The van der Waals surface area contributed by atoms with Gasteiger partial charge in [0.2, 0.25) is 0 Å². The fourth-order valence-corrected chi connectivity index (χ4v) is 1.73. The number of nitrogens with zero attached hydrogens (tertiary/aromatic N) is 2. The number of alkyl halides is 1. The fourth-order valence-electron chi connectivity index (χ4n) is 1.54. The highest BCUT2D eigenvalue weighted by molar-refractivity contribution is 6.17. The summed E-state index contributed by atoms with van der Waals surface area (Å²) in [6, 6.07) is 5.90. The third-order valence-electron chi connectivity index (χ3n) is 2.51. The number of aromatic nitrogens is 2. The van der Waals surface area contributed by atoms with E-state index < -0.39 is 0 Å². The minimum atomic E-state index is -0.357. The minimum absolute atomic E-state index is 0.213. The van der Waals surface area contributed by atoms with Gasteiger partial charge in [-0.15, -0.1) is 11.6 Å². The molecule has 0 spiro atoms. The fraction of sp³-hybridized carbons (Fsp3) is 0.286. The lowest BCUT2D eigenvalue weighted by atomic mass is 10.2. The Morgan fingerprint density at radius 1 is 1.37 bits per heavy atom. The van der Waals surface area contributed by atoms with Crippen LogP contribution in [0.2, 0.25) is 0 Å². The van der Waals surface area contributed by atoms with Gasteiger partial charge in [-0.05, 0) is 12.1 Å². The monoisotopic (exact) mass is 280 g/mol. The molecular weight excluding hydrogens is 267 g/mol. The summed E-state index contributed by atoms with van der Waals surface area (Å²) in [5.41, 5.74) is 0.602. The van der Waals surface area contributed by atoms with E-state index in [-0.39, 0.29) is 17.6 Å². The van der Waals surface area contributed by atoms with E-state index in [1.165, 1.54) is 12.1 Å². The van der Waals surface area contributed by atoms with Gasteiger partial charge in [0, 0.05) is 12.0 Å². The van der Waals surface area contributed by atoms with E-state index in [1.807, 2.05) is 13.8 Å². The van der Waals surface area contributed by atoms with Crippen molar-refractivity contribution in [1.82, 2.24) is 9.97 Å². The van der Waals surface area contributed by atoms with Crippen molar-refractivity contribution in [1.29, 1.82) is 0 Å². The third-order valence-corrected chi connectivity index (χ3v) is 2.77. The van der Waals surface area contributed by atoms with Crippen LogP contribution in [0.3, 0.4) is 0 Å². The summed E-state index contributed by atoms with van der Waals surface area (Å²) in [5, 5.41) is 0. The van der Waals surface area contributed by atoms with Crippen molar-refractivity contribution in [2.75, 3.05) is 0 Å². The van der Waals surface area contributed by atoms with Crippen molar-refractivity contribution < 1.29 is 9.13 Å². The van der Waals surface area contributed by atoms with Crippen molar-refractivity contribution in [3.05, 3.63) is 47.8 Å². The van der Waals surface area contributed by atoms with Gasteiger partial charge in [-0.25, -0.2) is 14.4 Å². The summed E-state index contributed by atoms with van der Waals surface area (Å²) >= 11 is 5.86. The van der Waals surface area contributed by atoms with Crippen LogP contribution in [0, 0.1) is 5.82 Å². The summed E-state index contributed by atoms with van der Waals surface area (Å²) in [5.74, 6) is 1.63. The largest absolute Gasteiger partial charge is 0.454 e. The third kappa shape index (κ3) is 3.41. The highest BCUT2D eigenvalue weighted by Gasteiger charge is 2.11. The van der Waals surface area contributed by atoms with Crippen molar-refractivity contribution >= 4 is 11.6 Å². The Morgan fingerprint density at radius 3 is 2.79 bits per heavy atom. The second-order valence-corrected chi connectivity index (χ2v) is 4.65. The molecule has 0 fully saturated rings. The normalized spacial score (nSPS) is 10.8. The molecule has 1 aromatic heterocycles. The lowest BCUT2D eigenvalue weighted by Crippen LogP contribution is -2.02. The Balaban J connectivity index is 2.29. The lowest BCUT2D eigenvalue weighted by Gasteiger charge is -2.11. The SMILES string of the molecule is CC(C)c1ncc(Oc2cccc(F)c2)c(CCl)n1. The van der Waals surface area contributed by atoms with E-state index in [0.717, 1.165) is 0 Å². The molecule has 0 saturated carbocycles. The van der Waals surface area contributed by atoms with Gasteiger partial charge in [0.15, 0.2) is 5.75 Å². The highest BCUT2D eigenvalue weighted by Crippen LogP contribution is 2.26. The van der Waals surface area contributed by atoms with E-state index in [4.69, 9.17) is 16.3 Å². The standard InChI is InChI=1S/C14H14ClFN2O/c1-9(2)14-17-8-13(12(7-15)18-14)19-11-5-3-4-10(16)6-11/h3-6,8-9H,7H2,1-2H3. The van der Waals surface area contributed by atoms with Crippen molar-refractivity contribution in [2.45, 2.75) is 25.6 Å². The summed E-state index contributed by atoms with van der Waals surface area (Å²) in [6.45, 7) is 4.00. The van der Waals surface area contributed by atoms with Gasteiger partial charge in [0.05, 0.1) is 12.1 Å². The summed E-state index contributed by atoms with van der Waals surface area (Å²) < 4.78 is 18.7. The second kappa shape index (κ2) is 5.97. The van der Waals surface area contributed by atoms with Crippen molar-refractivity contribution in [2.24, 2.45) is 0 Å². The van der Waals surface area contributed by atoms with Crippen LogP contribution in [0.1, 0.15) is 31.3 Å². The van der Waals surface area contributed by atoms with Crippen LogP contribution in [0.5, 0.6) is 11.5 Å². The van der Waals surface area contributed by atoms with E-state index >= 15 is 0 Å². The maximum atomic E-state index is 13.1. The summed E-state index contributed by atoms with van der Waals surface area (Å²) in [6.07, 6.45) is 1.57. The molecule has 5 heteroatoms. The average molecular weight is 281 g/mol. The van der Waals surface area contributed by atoms with Gasteiger partial charge in [-0.1, -0.05) is 19.9 Å². The predicted molar refractivity (Wildman–Crippen MR) is 72.2 cm³/mol. The number of hydrogen-bond donors (Lipinski definition) is 0.